The molecule has 1 aromatic heterocycles. The van der Waals surface area contributed by atoms with Gasteiger partial charge in [0.15, 0.2) is 0 Å². The fourth-order valence-corrected chi connectivity index (χ4v) is 2.94. The van der Waals surface area contributed by atoms with Gasteiger partial charge in [0.1, 0.15) is 23.1 Å². The third-order valence-corrected chi connectivity index (χ3v) is 4.49. The molecule has 0 bridgehead atoms. The lowest BCUT2D eigenvalue weighted by atomic mass is 10.2. The molecule has 0 aliphatic heterocycles. The van der Waals surface area contributed by atoms with Crippen molar-refractivity contribution in [1.29, 1.82) is 0 Å². The van der Waals surface area contributed by atoms with Crippen LogP contribution in [0.2, 0.25) is 0 Å². The van der Waals surface area contributed by atoms with E-state index in [1.165, 1.54) is 24.4 Å². The molecule has 1 amide bonds. The van der Waals surface area contributed by atoms with Crippen molar-refractivity contribution in [3.05, 3.63) is 78.0 Å². The summed E-state index contributed by atoms with van der Waals surface area (Å²) in [5.41, 5.74) is 1.68. The van der Waals surface area contributed by atoms with Gasteiger partial charge in [-0.3, -0.25) is 4.79 Å². The minimum absolute atomic E-state index is 0.227. The van der Waals surface area contributed by atoms with Crippen molar-refractivity contribution in [2.45, 2.75) is 13.8 Å². The monoisotopic (exact) mass is 396 g/mol. The molecule has 0 atom stereocenters. The van der Waals surface area contributed by atoms with Gasteiger partial charge in [-0.05, 0) is 62.4 Å². The SMILES string of the molecule is CCN(CC)c1ccc(Nc2cc(C(=O)Nc3c(F)cccc3F)ccn2)cc1. The molecule has 2 N–H and O–H groups in total. The first-order valence-electron chi connectivity index (χ1n) is 9.35. The maximum atomic E-state index is 13.8. The van der Waals surface area contributed by atoms with Gasteiger partial charge in [0.25, 0.3) is 5.91 Å². The number of halogens is 2. The van der Waals surface area contributed by atoms with Crippen molar-refractivity contribution in [3.63, 3.8) is 0 Å². The van der Waals surface area contributed by atoms with E-state index in [4.69, 9.17) is 0 Å². The van der Waals surface area contributed by atoms with Crippen molar-refractivity contribution in [2.75, 3.05) is 28.6 Å². The van der Waals surface area contributed by atoms with Gasteiger partial charge in [0.05, 0.1) is 0 Å². The number of carbonyl (C=O) groups is 1. The van der Waals surface area contributed by atoms with E-state index in [0.717, 1.165) is 36.6 Å². The van der Waals surface area contributed by atoms with Crippen molar-refractivity contribution < 1.29 is 13.6 Å². The predicted octanol–water partition coefficient (Wildman–Crippen LogP) is 5.20. The summed E-state index contributed by atoms with van der Waals surface area (Å²) < 4.78 is 27.5. The van der Waals surface area contributed by atoms with Gasteiger partial charge in [-0.15, -0.1) is 0 Å². The Balaban J connectivity index is 1.73. The number of hydrogen-bond acceptors (Lipinski definition) is 4. The number of para-hydroxylation sites is 1. The van der Waals surface area contributed by atoms with E-state index in [9.17, 15) is 13.6 Å². The Kier molecular flexibility index (Phi) is 6.39. The summed E-state index contributed by atoms with van der Waals surface area (Å²) in [5.74, 6) is -1.85. The zero-order chi connectivity index (χ0) is 20.8. The van der Waals surface area contributed by atoms with E-state index in [0.29, 0.717) is 5.82 Å². The highest BCUT2D eigenvalue weighted by Crippen LogP contribution is 2.22. The molecular formula is C22H22F2N4O. The van der Waals surface area contributed by atoms with E-state index >= 15 is 0 Å². The minimum atomic E-state index is -0.834. The Morgan fingerprint density at radius 3 is 2.28 bits per heavy atom. The first-order valence-corrected chi connectivity index (χ1v) is 9.35. The summed E-state index contributed by atoms with van der Waals surface area (Å²) >= 11 is 0. The van der Waals surface area contributed by atoms with E-state index in [1.807, 2.05) is 24.3 Å². The number of hydrogen-bond donors (Lipinski definition) is 2. The first-order chi connectivity index (χ1) is 14.0. The van der Waals surface area contributed by atoms with E-state index in [-0.39, 0.29) is 5.56 Å². The Labute approximate surface area is 168 Å². The van der Waals surface area contributed by atoms with Gasteiger partial charge >= 0.3 is 0 Å². The van der Waals surface area contributed by atoms with Crippen LogP contribution in [0.3, 0.4) is 0 Å². The van der Waals surface area contributed by atoms with E-state index < -0.39 is 23.2 Å². The zero-order valence-electron chi connectivity index (χ0n) is 16.2. The fourth-order valence-electron chi connectivity index (χ4n) is 2.94. The smallest absolute Gasteiger partial charge is 0.256 e. The van der Waals surface area contributed by atoms with Crippen LogP contribution in [0, 0.1) is 11.6 Å². The van der Waals surface area contributed by atoms with Gasteiger partial charge in [-0.2, -0.15) is 0 Å². The number of amides is 1. The minimum Gasteiger partial charge on any atom is -0.372 e. The molecule has 0 saturated carbocycles. The average molecular weight is 396 g/mol. The molecule has 0 saturated heterocycles. The maximum Gasteiger partial charge on any atom is 0.256 e. The summed E-state index contributed by atoms with van der Waals surface area (Å²) in [5, 5.41) is 5.40. The highest BCUT2D eigenvalue weighted by molar-refractivity contribution is 6.04. The number of anilines is 4. The summed E-state index contributed by atoms with van der Waals surface area (Å²) in [6.07, 6.45) is 1.46. The molecular weight excluding hydrogens is 374 g/mol. The second kappa shape index (κ2) is 9.14. The first kappa shape index (κ1) is 20.3. The fraction of sp³-hybridized carbons (Fsp3) is 0.182. The molecule has 0 radical (unpaired) electrons. The molecule has 5 nitrogen and oxygen atoms in total. The lowest BCUT2D eigenvalue weighted by Crippen LogP contribution is -2.21. The molecule has 0 aliphatic rings. The van der Waals surface area contributed by atoms with Crippen LogP contribution in [0.4, 0.5) is 31.7 Å². The normalized spacial score (nSPS) is 10.5. The molecule has 0 aliphatic carbocycles. The number of nitrogens with one attached hydrogen (secondary N) is 2. The second-order valence-electron chi connectivity index (χ2n) is 6.32. The molecule has 3 aromatic rings. The summed E-state index contributed by atoms with van der Waals surface area (Å²) in [4.78, 5) is 18.8. The van der Waals surface area contributed by atoms with Crippen LogP contribution < -0.4 is 15.5 Å². The van der Waals surface area contributed by atoms with Gasteiger partial charge in [-0.25, -0.2) is 13.8 Å². The van der Waals surface area contributed by atoms with E-state index in [2.05, 4.69) is 34.4 Å². The number of aromatic nitrogens is 1. The van der Waals surface area contributed by atoms with Crippen LogP contribution in [0.5, 0.6) is 0 Å². The Morgan fingerprint density at radius 1 is 1.00 bits per heavy atom. The lowest BCUT2D eigenvalue weighted by Gasteiger charge is -2.21. The van der Waals surface area contributed by atoms with Gasteiger partial charge in [0, 0.05) is 36.2 Å². The van der Waals surface area contributed by atoms with Crippen LogP contribution >= 0.6 is 0 Å². The van der Waals surface area contributed by atoms with Gasteiger partial charge < -0.3 is 15.5 Å². The quantitative estimate of drug-likeness (QED) is 0.576. The van der Waals surface area contributed by atoms with Crippen LogP contribution in [-0.4, -0.2) is 24.0 Å². The molecule has 0 spiro atoms. The van der Waals surface area contributed by atoms with E-state index in [1.54, 1.807) is 0 Å². The third-order valence-electron chi connectivity index (χ3n) is 4.49. The molecule has 0 fully saturated rings. The summed E-state index contributed by atoms with van der Waals surface area (Å²) in [6.45, 7) is 6.04. The van der Waals surface area contributed by atoms with Gasteiger partial charge in [0.2, 0.25) is 0 Å². The summed E-state index contributed by atoms with van der Waals surface area (Å²) in [6, 6.07) is 14.3. The molecule has 2 aromatic carbocycles. The second-order valence-corrected chi connectivity index (χ2v) is 6.32. The van der Waals surface area contributed by atoms with Crippen molar-refractivity contribution in [1.82, 2.24) is 4.98 Å². The highest BCUT2D eigenvalue weighted by atomic mass is 19.1. The van der Waals surface area contributed by atoms with Gasteiger partial charge in [-0.1, -0.05) is 6.07 Å². The number of benzene rings is 2. The third kappa shape index (κ3) is 4.87. The summed E-state index contributed by atoms with van der Waals surface area (Å²) in [7, 11) is 0. The van der Waals surface area contributed by atoms with Crippen molar-refractivity contribution in [3.8, 4) is 0 Å². The van der Waals surface area contributed by atoms with Crippen LogP contribution in [0.15, 0.2) is 60.8 Å². The largest absolute Gasteiger partial charge is 0.372 e. The zero-order valence-corrected chi connectivity index (χ0v) is 16.2. The van der Waals surface area contributed by atoms with Crippen LogP contribution in [-0.2, 0) is 0 Å². The molecule has 7 heteroatoms. The topological polar surface area (TPSA) is 57.3 Å². The number of pyridine rings is 1. The number of carbonyl (C=O) groups excluding carboxylic acids is 1. The molecule has 29 heavy (non-hydrogen) atoms. The van der Waals surface area contributed by atoms with Crippen LogP contribution in [0.1, 0.15) is 24.2 Å². The Hall–Kier alpha value is -3.48. The lowest BCUT2D eigenvalue weighted by molar-refractivity contribution is 0.102. The Bertz CT molecular complexity index is 968. The number of rotatable bonds is 7. The molecule has 3 rings (SSSR count). The molecule has 0 unspecified atom stereocenters. The standard InChI is InChI=1S/C22H22F2N4O/c1-3-28(4-2)17-10-8-16(9-11-17)26-20-14-15(12-13-25-20)22(29)27-21-18(23)6-5-7-19(21)24/h5-14H,3-4H2,1-2H3,(H,25,26)(H,27,29). The predicted molar refractivity (Wildman–Crippen MR) is 112 cm³/mol. The van der Waals surface area contributed by atoms with Crippen molar-refractivity contribution in [2.24, 2.45) is 0 Å². The Morgan fingerprint density at radius 2 is 1.66 bits per heavy atom. The molecule has 1 heterocycles. The number of nitrogens with zero attached hydrogens (tertiary/aromatic N) is 2. The average Bonchev–Trinajstić information content (AvgIpc) is 2.73. The maximum absolute atomic E-state index is 13.8. The highest BCUT2D eigenvalue weighted by Gasteiger charge is 2.14. The van der Waals surface area contributed by atoms with Crippen LogP contribution in [0.25, 0.3) is 0 Å². The van der Waals surface area contributed by atoms with Crippen molar-refractivity contribution >= 4 is 28.8 Å². The molecule has 150 valence electrons.